The minimum atomic E-state index is 0.569. The number of rotatable bonds is 5. The van der Waals surface area contributed by atoms with Crippen molar-refractivity contribution in [1.82, 2.24) is 24.7 Å². The van der Waals surface area contributed by atoms with Gasteiger partial charge in [0.25, 0.3) is 0 Å². The van der Waals surface area contributed by atoms with Gasteiger partial charge in [0.2, 0.25) is 0 Å². The predicted octanol–water partition coefficient (Wildman–Crippen LogP) is 3.48. The van der Waals surface area contributed by atoms with Gasteiger partial charge in [-0.05, 0) is 25.1 Å². The molecule has 4 aromatic rings. The molecule has 0 amide bonds. The Balaban J connectivity index is 1.61. The molecular formula is C20H17N7. The van der Waals surface area contributed by atoms with Gasteiger partial charge >= 0.3 is 0 Å². The van der Waals surface area contributed by atoms with Crippen molar-refractivity contribution in [1.29, 1.82) is 0 Å². The van der Waals surface area contributed by atoms with Crippen molar-refractivity contribution >= 4 is 12.0 Å². The molecule has 0 fully saturated rings. The first-order valence-corrected chi connectivity index (χ1v) is 8.44. The second-order valence-electron chi connectivity index (χ2n) is 5.83. The van der Waals surface area contributed by atoms with Gasteiger partial charge in [-0.2, -0.15) is 10.2 Å². The summed E-state index contributed by atoms with van der Waals surface area (Å²) in [5.41, 5.74) is 6.61. The van der Waals surface area contributed by atoms with E-state index in [4.69, 9.17) is 0 Å². The molecule has 1 aromatic carbocycles. The molecule has 4 rings (SSSR count). The van der Waals surface area contributed by atoms with Crippen LogP contribution in [-0.2, 0) is 0 Å². The number of hydrogen-bond donors (Lipinski definition) is 1. The van der Waals surface area contributed by atoms with Crippen LogP contribution >= 0.6 is 0 Å². The largest absolute Gasteiger partial charge is 0.261 e. The molecule has 1 N–H and O–H groups in total. The molecule has 0 atom stereocenters. The number of hydrazone groups is 1. The van der Waals surface area contributed by atoms with Gasteiger partial charge in [0.1, 0.15) is 6.33 Å². The molecule has 0 saturated heterocycles. The quantitative estimate of drug-likeness (QED) is 0.438. The van der Waals surface area contributed by atoms with Crippen molar-refractivity contribution in [2.45, 2.75) is 6.92 Å². The summed E-state index contributed by atoms with van der Waals surface area (Å²) in [5.74, 6) is 1.23. The van der Waals surface area contributed by atoms with Crippen LogP contribution in [-0.4, -0.2) is 30.9 Å². The molecule has 0 radical (unpaired) electrons. The van der Waals surface area contributed by atoms with E-state index in [1.54, 1.807) is 23.2 Å². The molecule has 0 aliphatic carbocycles. The average Bonchev–Trinajstić information content (AvgIpc) is 3.12. The van der Waals surface area contributed by atoms with Gasteiger partial charge < -0.3 is 0 Å². The van der Waals surface area contributed by atoms with Gasteiger partial charge in [-0.15, -0.1) is 0 Å². The molecule has 132 valence electrons. The number of nitrogens with zero attached hydrogens (tertiary/aromatic N) is 6. The van der Waals surface area contributed by atoms with Gasteiger partial charge in [0.05, 0.1) is 23.3 Å². The van der Waals surface area contributed by atoms with Crippen molar-refractivity contribution in [2.75, 3.05) is 5.43 Å². The number of hydrogen-bond acceptors (Lipinski definition) is 6. The second kappa shape index (κ2) is 7.57. The molecule has 0 unspecified atom stereocenters. The summed E-state index contributed by atoms with van der Waals surface area (Å²) in [6, 6.07) is 19.6. The second-order valence-corrected chi connectivity index (χ2v) is 5.83. The van der Waals surface area contributed by atoms with E-state index in [0.717, 1.165) is 22.6 Å². The third-order valence-corrected chi connectivity index (χ3v) is 3.83. The van der Waals surface area contributed by atoms with E-state index < -0.39 is 0 Å². The summed E-state index contributed by atoms with van der Waals surface area (Å²) in [7, 11) is 0. The van der Waals surface area contributed by atoms with Crippen LogP contribution in [0.3, 0.4) is 0 Å². The van der Waals surface area contributed by atoms with Crippen LogP contribution in [0.5, 0.6) is 0 Å². The third kappa shape index (κ3) is 3.87. The molecule has 7 heteroatoms. The zero-order chi connectivity index (χ0) is 18.5. The number of nitrogens with one attached hydrogen (secondary N) is 1. The standard InChI is InChI=1S/C20H17N7/c1-15-11-18(16-7-3-2-4-8-16)27(26-15)20-12-19(22-14-23-20)25-24-13-17-9-5-6-10-21-17/h2-14H,1H3,(H,22,23,25)/b24-13-. The molecule has 0 saturated carbocycles. The Hall–Kier alpha value is -3.87. The Morgan fingerprint density at radius 1 is 0.963 bits per heavy atom. The Kier molecular flexibility index (Phi) is 4.65. The summed E-state index contributed by atoms with van der Waals surface area (Å²) >= 11 is 0. The molecule has 0 spiro atoms. The molecule has 0 aliphatic heterocycles. The molecule has 27 heavy (non-hydrogen) atoms. The maximum Gasteiger partial charge on any atom is 0.159 e. The van der Waals surface area contributed by atoms with Crippen LogP contribution in [0.4, 0.5) is 5.82 Å². The highest BCUT2D eigenvalue weighted by molar-refractivity contribution is 5.77. The summed E-state index contributed by atoms with van der Waals surface area (Å²) < 4.78 is 1.81. The van der Waals surface area contributed by atoms with E-state index in [-0.39, 0.29) is 0 Å². The highest BCUT2D eigenvalue weighted by atomic mass is 15.3. The number of benzene rings is 1. The first-order valence-electron chi connectivity index (χ1n) is 8.44. The number of aromatic nitrogens is 5. The number of pyridine rings is 1. The molecule has 3 aromatic heterocycles. The van der Waals surface area contributed by atoms with E-state index in [9.17, 15) is 0 Å². The minimum Gasteiger partial charge on any atom is -0.261 e. The van der Waals surface area contributed by atoms with E-state index >= 15 is 0 Å². The first-order chi connectivity index (χ1) is 13.3. The van der Waals surface area contributed by atoms with Gasteiger partial charge in [-0.25, -0.2) is 14.6 Å². The Morgan fingerprint density at radius 2 is 1.81 bits per heavy atom. The smallest absolute Gasteiger partial charge is 0.159 e. The summed E-state index contributed by atoms with van der Waals surface area (Å²) in [4.78, 5) is 12.8. The number of aryl methyl sites for hydroxylation is 1. The van der Waals surface area contributed by atoms with Crippen molar-refractivity contribution in [3.05, 3.63) is 84.6 Å². The Bertz CT molecular complexity index is 1060. The molecule has 0 aliphatic rings. The van der Waals surface area contributed by atoms with E-state index in [1.807, 2.05) is 61.5 Å². The average molecular weight is 355 g/mol. The van der Waals surface area contributed by atoms with Crippen molar-refractivity contribution in [2.24, 2.45) is 5.10 Å². The highest BCUT2D eigenvalue weighted by Crippen LogP contribution is 2.23. The minimum absolute atomic E-state index is 0.569. The lowest BCUT2D eigenvalue weighted by Gasteiger charge is -2.07. The van der Waals surface area contributed by atoms with E-state index in [1.165, 1.54) is 6.33 Å². The summed E-state index contributed by atoms with van der Waals surface area (Å²) in [5, 5.41) is 8.75. The molecule has 7 nitrogen and oxygen atoms in total. The molecular weight excluding hydrogens is 338 g/mol. The van der Waals surface area contributed by atoms with Crippen LogP contribution < -0.4 is 5.43 Å². The van der Waals surface area contributed by atoms with Crippen molar-refractivity contribution in [3.8, 4) is 17.1 Å². The lowest BCUT2D eigenvalue weighted by molar-refractivity contribution is 0.832. The fourth-order valence-electron chi connectivity index (χ4n) is 2.63. The zero-order valence-electron chi connectivity index (χ0n) is 14.7. The Morgan fingerprint density at radius 3 is 2.63 bits per heavy atom. The Labute approximate surface area is 156 Å². The fraction of sp³-hybridized carbons (Fsp3) is 0.0500. The van der Waals surface area contributed by atoms with Gasteiger partial charge in [-0.1, -0.05) is 36.4 Å². The monoisotopic (exact) mass is 355 g/mol. The van der Waals surface area contributed by atoms with Gasteiger partial charge in [0, 0.05) is 17.8 Å². The van der Waals surface area contributed by atoms with E-state index in [0.29, 0.717) is 11.6 Å². The fourth-order valence-corrected chi connectivity index (χ4v) is 2.63. The highest BCUT2D eigenvalue weighted by Gasteiger charge is 2.11. The maximum absolute atomic E-state index is 4.58. The SMILES string of the molecule is Cc1cc(-c2ccccc2)n(-c2cc(N/N=C\c3ccccn3)ncn2)n1. The van der Waals surface area contributed by atoms with E-state index in [2.05, 4.69) is 30.6 Å². The van der Waals surface area contributed by atoms with Gasteiger partial charge in [-0.3, -0.25) is 10.4 Å². The van der Waals surface area contributed by atoms with Crippen LogP contribution in [0.15, 0.2) is 78.3 Å². The van der Waals surface area contributed by atoms with Crippen LogP contribution in [0.2, 0.25) is 0 Å². The summed E-state index contributed by atoms with van der Waals surface area (Å²) in [6.45, 7) is 1.96. The lowest BCUT2D eigenvalue weighted by Crippen LogP contribution is -2.04. The normalized spacial score (nSPS) is 11.0. The third-order valence-electron chi connectivity index (χ3n) is 3.83. The molecule has 0 bridgehead atoms. The topological polar surface area (TPSA) is 80.9 Å². The summed E-state index contributed by atoms with van der Waals surface area (Å²) in [6.07, 6.45) is 4.84. The van der Waals surface area contributed by atoms with Crippen LogP contribution in [0.1, 0.15) is 11.4 Å². The van der Waals surface area contributed by atoms with Crippen molar-refractivity contribution in [3.63, 3.8) is 0 Å². The molecule has 3 heterocycles. The maximum atomic E-state index is 4.58. The zero-order valence-corrected chi connectivity index (χ0v) is 14.7. The lowest BCUT2D eigenvalue weighted by atomic mass is 10.1. The van der Waals surface area contributed by atoms with Crippen LogP contribution in [0, 0.1) is 6.92 Å². The first kappa shape index (κ1) is 16.6. The predicted molar refractivity (Wildman–Crippen MR) is 105 cm³/mol. The van der Waals surface area contributed by atoms with Crippen molar-refractivity contribution < 1.29 is 0 Å². The number of anilines is 1. The van der Waals surface area contributed by atoms with Gasteiger partial charge in [0.15, 0.2) is 11.6 Å². The van der Waals surface area contributed by atoms with Crippen LogP contribution in [0.25, 0.3) is 17.1 Å².